The van der Waals surface area contributed by atoms with Crippen LogP contribution in [0, 0.1) is 0 Å². The zero-order chi connectivity index (χ0) is 59.4. The van der Waals surface area contributed by atoms with Crippen LogP contribution >= 0.6 is 7.82 Å². The molecule has 486 valence electrons. The quantitative estimate of drug-likeness (QED) is 0.0264. The molecule has 0 saturated heterocycles. The number of nitrogens with two attached hydrogens (primary N) is 1. The Kier molecular flexibility index (Phi) is 67.3. The summed E-state index contributed by atoms with van der Waals surface area (Å²) in [4.78, 5) is 35.3. The molecule has 2 unspecified atom stereocenters. The van der Waals surface area contributed by atoms with Crippen LogP contribution in [0.2, 0.25) is 0 Å². The van der Waals surface area contributed by atoms with Crippen molar-refractivity contribution in [2.45, 2.75) is 399 Å². The predicted octanol–water partition coefficient (Wildman–Crippen LogP) is 23.7. The van der Waals surface area contributed by atoms with Gasteiger partial charge in [0.2, 0.25) is 0 Å². The predicted molar refractivity (Wildman–Crippen MR) is 354 cm³/mol. The number of carbonyl (C=O) groups is 2. The van der Waals surface area contributed by atoms with E-state index >= 15 is 0 Å². The minimum Gasteiger partial charge on any atom is -0.462 e. The van der Waals surface area contributed by atoms with Crippen LogP contribution in [-0.4, -0.2) is 49.3 Å². The van der Waals surface area contributed by atoms with Crippen LogP contribution in [0.1, 0.15) is 393 Å². The molecule has 0 aromatic rings. The van der Waals surface area contributed by atoms with E-state index < -0.39 is 26.5 Å². The largest absolute Gasteiger partial charge is 0.472 e. The third-order valence-corrected chi connectivity index (χ3v) is 17.6. The number of hydrogen-bond donors (Lipinski definition) is 2. The standard InChI is InChI=1S/C72H140NO8P/c1-3-5-7-9-11-13-15-17-19-21-23-25-27-28-29-30-31-32-33-34-35-36-37-38-39-40-41-43-44-46-48-50-52-54-56-58-60-62-64-71(74)78-68-70(69-80-82(76,77)79-67-66-73)81-72(75)65-63-61-59-57-55-53-51-49-47-45-42-26-24-22-20-18-16-14-12-10-8-6-4-2/h16,18,22,24,70H,3-15,17,19-21,23,25-69,73H2,1-2H3,(H,76,77)/b18-16-,24-22-. The smallest absolute Gasteiger partial charge is 0.462 e. The third-order valence-electron chi connectivity index (χ3n) is 16.6. The molecule has 0 fully saturated rings. The van der Waals surface area contributed by atoms with Crippen molar-refractivity contribution in [2.75, 3.05) is 26.4 Å². The summed E-state index contributed by atoms with van der Waals surface area (Å²) >= 11 is 0. The van der Waals surface area contributed by atoms with Gasteiger partial charge in [0.1, 0.15) is 6.61 Å². The van der Waals surface area contributed by atoms with Gasteiger partial charge >= 0.3 is 19.8 Å². The Morgan fingerprint density at radius 2 is 0.634 bits per heavy atom. The molecule has 0 aliphatic carbocycles. The highest BCUT2D eigenvalue weighted by Gasteiger charge is 2.26. The van der Waals surface area contributed by atoms with Crippen LogP contribution in [0.5, 0.6) is 0 Å². The van der Waals surface area contributed by atoms with Crippen molar-refractivity contribution in [3.8, 4) is 0 Å². The average Bonchev–Trinajstić information content (AvgIpc) is 3.48. The maximum atomic E-state index is 12.7. The lowest BCUT2D eigenvalue weighted by Crippen LogP contribution is -2.29. The molecule has 0 spiro atoms. The monoisotopic (exact) mass is 1180 g/mol. The fraction of sp³-hybridized carbons (Fsp3) is 0.917. The fourth-order valence-electron chi connectivity index (χ4n) is 11.2. The molecule has 0 bridgehead atoms. The third kappa shape index (κ3) is 67.6. The van der Waals surface area contributed by atoms with E-state index in [-0.39, 0.29) is 38.6 Å². The van der Waals surface area contributed by atoms with E-state index in [2.05, 4.69) is 38.2 Å². The van der Waals surface area contributed by atoms with Crippen molar-refractivity contribution in [3.63, 3.8) is 0 Å². The number of esters is 2. The summed E-state index contributed by atoms with van der Waals surface area (Å²) in [6, 6.07) is 0. The molecule has 0 amide bonds. The van der Waals surface area contributed by atoms with Gasteiger partial charge in [0.25, 0.3) is 0 Å². The molecule has 0 aliphatic rings. The first-order valence-corrected chi connectivity index (χ1v) is 37.8. The molecule has 82 heavy (non-hydrogen) atoms. The molecule has 0 aromatic carbocycles. The van der Waals surface area contributed by atoms with E-state index in [1.54, 1.807) is 0 Å². The van der Waals surface area contributed by atoms with Crippen LogP contribution in [0.15, 0.2) is 24.3 Å². The van der Waals surface area contributed by atoms with Crippen molar-refractivity contribution in [1.82, 2.24) is 0 Å². The lowest BCUT2D eigenvalue weighted by Gasteiger charge is -2.19. The van der Waals surface area contributed by atoms with Crippen molar-refractivity contribution < 1.29 is 37.6 Å². The first-order chi connectivity index (χ1) is 40.3. The van der Waals surface area contributed by atoms with E-state index in [1.807, 2.05) is 0 Å². The van der Waals surface area contributed by atoms with E-state index in [4.69, 9.17) is 24.3 Å². The van der Waals surface area contributed by atoms with Crippen LogP contribution < -0.4 is 5.73 Å². The van der Waals surface area contributed by atoms with Gasteiger partial charge in [0.05, 0.1) is 13.2 Å². The Morgan fingerprint density at radius 1 is 0.366 bits per heavy atom. The average molecular weight is 1180 g/mol. The Labute approximate surface area is 510 Å². The van der Waals surface area contributed by atoms with Crippen molar-refractivity contribution in [2.24, 2.45) is 5.73 Å². The van der Waals surface area contributed by atoms with Crippen LogP contribution in [0.25, 0.3) is 0 Å². The number of carbonyl (C=O) groups excluding carboxylic acids is 2. The van der Waals surface area contributed by atoms with E-state index in [0.717, 1.165) is 44.9 Å². The maximum Gasteiger partial charge on any atom is 0.472 e. The molecule has 2 atom stereocenters. The number of allylic oxidation sites excluding steroid dienone is 4. The molecule has 0 aromatic heterocycles. The molecule has 0 radical (unpaired) electrons. The topological polar surface area (TPSA) is 134 Å². The normalized spacial score (nSPS) is 13.0. The highest BCUT2D eigenvalue weighted by atomic mass is 31.2. The second kappa shape index (κ2) is 68.6. The zero-order valence-corrected chi connectivity index (χ0v) is 55.7. The summed E-state index contributed by atoms with van der Waals surface area (Å²) < 4.78 is 33.2. The van der Waals surface area contributed by atoms with Gasteiger partial charge in [0.15, 0.2) is 6.10 Å². The number of phosphoric ester groups is 1. The van der Waals surface area contributed by atoms with Crippen molar-refractivity contribution in [1.29, 1.82) is 0 Å². The first kappa shape index (κ1) is 80.5. The lowest BCUT2D eigenvalue weighted by molar-refractivity contribution is -0.161. The van der Waals surface area contributed by atoms with Crippen LogP contribution in [-0.2, 0) is 32.7 Å². The fourth-order valence-corrected chi connectivity index (χ4v) is 12.0. The molecule has 9 nitrogen and oxygen atoms in total. The number of ether oxygens (including phenoxy) is 2. The summed E-state index contributed by atoms with van der Waals surface area (Å²) in [5, 5.41) is 0. The van der Waals surface area contributed by atoms with Crippen molar-refractivity contribution >= 4 is 19.8 Å². The van der Waals surface area contributed by atoms with Crippen LogP contribution in [0.4, 0.5) is 0 Å². The first-order valence-electron chi connectivity index (χ1n) is 36.3. The van der Waals surface area contributed by atoms with Crippen LogP contribution in [0.3, 0.4) is 0 Å². The number of phosphoric acid groups is 1. The van der Waals surface area contributed by atoms with E-state index in [9.17, 15) is 19.0 Å². The van der Waals surface area contributed by atoms with Gasteiger partial charge in [0, 0.05) is 19.4 Å². The van der Waals surface area contributed by atoms with Gasteiger partial charge in [-0.3, -0.25) is 18.6 Å². The lowest BCUT2D eigenvalue weighted by atomic mass is 10.0. The summed E-state index contributed by atoms with van der Waals surface area (Å²) in [5.74, 6) is -0.808. The molecule has 0 heterocycles. The second-order valence-corrected chi connectivity index (χ2v) is 26.3. The number of unbranched alkanes of at least 4 members (excludes halogenated alkanes) is 53. The SMILES string of the molecule is CCCCCCC/C=C\C/C=C\CCCCCCCCCCCCCC(=O)OC(COC(=O)CCCCCCCCCCCCCCCCCCCCCCCCCCCCCCCCCCCCCCCC)COP(=O)(O)OCCN. The summed E-state index contributed by atoms with van der Waals surface area (Å²) in [5.41, 5.74) is 5.40. The summed E-state index contributed by atoms with van der Waals surface area (Å²) in [6.07, 6.45) is 84.4. The number of hydrogen-bond acceptors (Lipinski definition) is 8. The summed E-state index contributed by atoms with van der Waals surface area (Å²) in [7, 11) is -4.39. The molecule has 0 rings (SSSR count). The Balaban J connectivity index is 3.75. The summed E-state index contributed by atoms with van der Waals surface area (Å²) in [6.45, 7) is 3.81. The minimum atomic E-state index is -4.39. The molecule has 3 N–H and O–H groups in total. The van der Waals surface area contributed by atoms with Gasteiger partial charge < -0.3 is 20.1 Å². The Hall–Kier alpha value is -1.51. The maximum absolute atomic E-state index is 12.7. The van der Waals surface area contributed by atoms with Gasteiger partial charge in [-0.05, 0) is 44.9 Å². The molecule has 0 aliphatic heterocycles. The molecule has 10 heteroatoms. The van der Waals surface area contributed by atoms with Gasteiger partial charge in [-0.15, -0.1) is 0 Å². The Morgan fingerprint density at radius 3 is 0.927 bits per heavy atom. The Bertz CT molecular complexity index is 1390. The molecular formula is C72H140NO8P. The molecule has 0 saturated carbocycles. The van der Waals surface area contributed by atoms with Gasteiger partial charge in [-0.2, -0.15) is 0 Å². The van der Waals surface area contributed by atoms with Gasteiger partial charge in [-0.1, -0.05) is 359 Å². The minimum absolute atomic E-state index is 0.0556. The van der Waals surface area contributed by atoms with Gasteiger partial charge in [-0.25, -0.2) is 4.57 Å². The highest BCUT2D eigenvalue weighted by Crippen LogP contribution is 2.43. The zero-order valence-electron chi connectivity index (χ0n) is 54.8. The van der Waals surface area contributed by atoms with E-state index in [0.29, 0.717) is 6.42 Å². The van der Waals surface area contributed by atoms with E-state index in [1.165, 1.54) is 315 Å². The van der Waals surface area contributed by atoms with Crippen molar-refractivity contribution in [3.05, 3.63) is 24.3 Å². The molecular weight excluding hydrogens is 1040 g/mol. The highest BCUT2D eigenvalue weighted by molar-refractivity contribution is 7.47. The second-order valence-electron chi connectivity index (χ2n) is 24.8. The number of rotatable bonds is 70.